The lowest BCUT2D eigenvalue weighted by atomic mass is 9.62. The molecule has 1 aliphatic rings. The summed E-state index contributed by atoms with van der Waals surface area (Å²) in [6.45, 7) is 0. The van der Waals surface area contributed by atoms with E-state index in [1.54, 1.807) is 0 Å². The third-order valence-corrected chi connectivity index (χ3v) is 2.38. The summed E-state index contributed by atoms with van der Waals surface area (Å²) in [7, 11) is -1.63. The van der Waals surface area contributed by atoms with Gasteiger partial charge in [-0.3, -0.25) is 0 Å². The van der Waals surface area contributed by atoms with E-state index in [0.717, 1.165) is 0 Å². The van der Waals surface area contributed by atoms with E-state index in [0.29, 0.717) is 6.42 Å². The van der Waals surface area contributed by atoms with Gasteiger partial charge in [0.25, 0.3) is 0 Å². The maximum atomic E-state index is 13.0. The molecular weight excluding hydrogens is 160 g/mol. The predicted octanol–water partition coefficient (Wildman–Crippen LogP) is 0.491. The van der Waals surface area contributed by atoms with Gasteiger partial charge in [0, 0.05) is 11.7 Å². The summed E-state index contributed by atoms with van der Waals surface area (Å²) in [5.41, 5.74) is 0. The lowest BCUT2D eigenvalue weighted by Gasteiger charge is -2.27. The Labute approximate surface area is 71.0 Å². The quantitative estimate of drug-likeness (QED) is 0.564. The normalized spacial score (nSPS) is 35.7. The summed E-state index contributed by atoms with van der Waals surface area (Å²) in [6, 6.07) is 2.02. The molecular formula is C7H11BFNO2. The van der Waals surface area contributed by atoms with Crippen molar-refractivity contribution in [3.8, 4) is 6.07 Å². The molecule has 0 spiro atoms. The van der Waals surface area contributed by atoms with Crippen LogP contribution in [0.5, 0.6) is 0 Å². The van der Waals surface area contributed by atoms with Gasteiger partial charge in [0.2, 0.25) is 0 Å². The Morgan fingerprint density at radius 1 is 1.42 bits per heavy atom. The molecule has 0 saturated heterocycles. The van der Waals surface area contributed by atoms with Crippen molar-refractivity contribution in [2.75, 3.05) is 0 Å². The minimum absolute atomic E-state index is 0.219. The fourth-order valence-electron chi connectivity index (χ4n) is 1.59. The first-order chi connectivity index (χ1) is 5.65. The molecule has 0 bridgehead atoms. The third-order valence-electron chi connectivity index (χ3n) is 2.38. The maximum absolute atomic E-state index is 13.0. The van der Waals surface area contributed by atoms with E-state index in [1.807, 2.05) is 6.07 Å². The standard InChI is InChI=1S/C7H11BFNO2/c9-7-2-1-5(4-10)3-6(7)8(11)12/h5-7,11-12H,1-3H2. The second kappa shape index (κ2) is 3.88. The second-order valence-electron chi connectivity index (χ2n) is 3.23. The number of nitriles is 1. The van der Waals surface area contributed by atoms with Gasteiger partial charge in [-0.05, 0) is 19.3 Å². The molecule has 5 heteroatoms. The summed E-state index contributed by atoms with van der Waals surface area (Å²) >= 11 is 0. The second-order valence-corrected chi connectivity index (χ2v) is 3.23. The highest BCUT2D eigenvalue weighted by Gasteiger charge is 2.37. The molecule has 3 nitrogen and oxygen atoms in total. The van der Waals surface area contributed by atoms with Crippen LogP contribution in [-0.2, 0) is 0 Å². The van der Waals surface area contributed by atoms with Crippen LogP contribution in [-0.4, -0.2) is 23.3 Å². The lowest BCUT2D eigenvalue weighted by molar-refractivity contribution is 0.200. The zero-order valence-electron chi connectivity index (χ0n) is 6.65. The summed E-state index contributed by atoms with van der Waals surface area (Å²) < 4.78 is 13.0. The topological polar surface area (TPSA) is 64.2 Å². The van der Waals surface area contributed by atoms with Crippen molar-refractivity contribution in [2.24, 2.45) is 5.92 Å². The van der Waals surface area contributed by atoms with Crippen LogP contribution in [0.4, 0.5) is 4.39 Å². The summed E-state index contributed by atoms with van der Waals surface area (Å²) in [6.07, 6.45) is -0.119. The molecule has 0 amide bonds. The van der Waals surface area contributed by atoms with Crippen LogP contribution in [0.3, 0.4) is 0 Å². The number of halogens is 1. The van der Waals surface area contributed by atoms with Gasteiger partial charge in [-0.15, -0.1) is 0 Å². The summed E-state index contributed by atoms with van der Waals surface area (Å²) in [5, 5.41) is 26.1. The zero-order chi connectivity index (χ0) is 9.14. The fourth-order valence-corrected chi connectivity index (χ4v) is 1.59. The van der Waals surface area contributed by atoms with Gasteiger partial charge in [0.1, 0.15) is 6.17 Å². The number of hydrogen-bond acceptors (Lipinski definition) is 3. The zero-order valence-corrected chi connectivity index (χ0v) is 6.65. The van der Waals surface area contributed by atoms with Crippen LogP contribution < -0.4 is 0 Å². The van der Waals surface area contributed by atoms with Gasteiger partial charge in [-0.1, -0.05) is 0 Å². The minimum atomic E-state index is -1.63. The van der Waals surface area contributed by atoms with Crippen LogP contribution in [0.1, 0.15) is 19.3 Å². The molecule has 0 aromatic heterocycles. The van der Waals surface area contributed by atoms with Crippen molar-refractivity contribution in [1.29, 1.82) is 5.26 Å². The first-order valence-electron chi connectivity index (χ1n) is 4.05. The van der Waals surface area contributed by atoms with Gasteiger partial charge in [-0.2, -0.15) is 5.26 Å². The van der Waals surface area contributed by atoms with Crippen LogP contribution in [0.15, 0.2) is 0 Å². The van der Waals surface area contributed by atoms with Gasteiger partial charge in [0.15, 0.2) is 0 Å². The van der Waals surface area contributed by atoms with E-state index in [-0.39, 0.29) is 18.8 Å². The predicted molar refractivity (Wildman–Crippen MR) is 41.8 cm³/mol. The molecule has 1 rings (SSSR count). The lowest BCUT2D eigenvalue weighted by Crippen LogP contribution is -2.33. The highest BCUT2D eigenvalue weighted by Crippen LogP contribution is 2.35. The van der Waals surface area contributed by atoms with E-state index in [2.05, 4.69) is 0 Å². The maximum Gasteiger partial charge on any atom is 0.457 e. The third kappa shape index (κ3) is 1.96. The average molecular weight is 171 g/mol. The largest absolute Gasteiger partial charge is 0.457 e. The summed E-state index contributed by atoms with van der Waals surface area (Å²) in [5.74, 6) is -0.993. The average Bonchev–Trinajstić information content (AvgIpc) is 2.05. The highest BCUT2D eigenvalue weighted by atomic mass is 19.1. The Bertz CT molecular complexity index is 194. The van der Waals surface area contributed by atoms with Crippen molar-refractivity contribution < 1.29 is 14.4 Å². The van der Waals surface area contributed by atoms with Crippen LogP contribution >= 0.6 is 0 Å². The molecule has 1 fully saturated rings. The first-order valence-corrected chi connectivity index (χ1v) is 4.05. The SMILES string of the molecule is N#CC1CCC(F)C(B(O)O)C1. The van der Waals surface area contributed by atoms with Gasteiger partial charge in [-0.25, -0.2) is 4.39 Å². The Kier molecular flexibility index (Phi) is 3.07. The van der Waals surface area contributed by atoms with Crippen molar-refractivity contribution in [1.82, 2.24) is 0 Å². The van der Waals surface area contributed by atoms with E-state index in [4.69, 9.17) is 15.3 Å². The van der Waals surface area contributed by atoms with Gasteiger partial charge >= 0.3 is 7.12 Å². The molecule has 3 atom stereocenters. The molecule has 66 valence electrons. The van der Waals surface area contributed by atoms with E-state index >= 15 is 0 Å². The molecule has 0 aromatic rings. The molecule has 1 aliphatic carbocycles. The Hall–Kier alpha value is -0.595. The van der Waals surface area contributed by atoms with Crippen molar-refractivity contribution in [3.05, 3.63) is 0 Å². The summed E-state index contributed by atoms with van der Waals surface area (Å²) in [4.78, 5) is 0. The number of alkyl halides is 1. The molecule has 1 saturated carbocycles. The van der Waals surface area contributed by atoms with Crippen LogP contribution in [0.2, 0.25) is 5.82 Å². The molecule has 0 heterocycles. The number of rotatable bonds is 1. The first kappa shape index (κ1) is 9.49. The molecule has 0 aliphatic heterocycles. The molecule has 0 radical (unpaired) electrons. The Balaban J connectivity index is 2.54. The Morgan fingerprint density at radius 2 is 2.08 bits per heavy atom. The van der Waals surface area contributed by atoms with Crippen LogP contribution in [0, 0.1) is 17.2 Å². The van der Waals surface area contributed by atoms with Crippen molar-refractivity contribution >= 4 is 7.12 Å². The van der Waals surface area contributed by atoms with E-state index in [1.165, 1.54) is 0 Å². The minimum Gasteiger partial charge on any atom is -0.427 e. The monoisotopic (exact) mass is 171 g/mol. The molecule has 12 heavy (non-hydrogen) atoms. The van der Waals surface area contributed by atoms with Crippen molar-refractivity contribution in [3.63, 3.8) is 0 Å². The van der Waals surface area contributed by atoms with Gasteiger partial charge in [0.05, 0.1) is 6.07 Å². The molecule has 2 N–H and O–H groups in total. The highest BCUT2D eigenvalue weighted by molar-refractivity contribution is 6.43. The molecule has 3 unspecified atom stereocenters. The van der Waals surface area contributed by atoms with E-state index < -0.39 is 19.1 Å². The van der Waals surface area contributed by atoms with E-state index in [9.17, 15) is 4.39 Å². The fraction of sp³-hybridized carbons (Fsp3) is 0.857. The van der Waals surface area contributed by atoms with Crippen LogP contribution in [0.25, 0.3) is 0 Å². The molecule has 0 aromatic carbocycles. The van der Waals surface area contributed by atoms with Gasteiger partial charge < -0.3 is 10.0 Å². The smallest absolute Gasteiger partial charge is 0.427 e. The number of nitrogens with zero attached hydrogens (tertiary/aromatic N) is 1. The Morgan fingerprint density at radius 3 is 2.58 bits per heavy atom. The number of hydrogen-bond donors (Lipinski definition) is 2. The van der Waals surface area contributed by atoms with Crippen molar-refractivity contribution in [2.45, 2.75) is 31.3 Å².